The van der Waals surface area contributed by atoms with Crippen molar-refractivity contribution in [2.45, 2.75) is 31.3 Å². The average molecular weight is 526 g/mol. The quantitative estimate of drug-likeness (QED) is 0.161. The minimum Gasteiger partial charge on any atom is -0.496 e. The van der Waals surface area contributed by atoms with E-state index in [9.17, 15) is 4.79 Å². The molecule has 0 spiro atoms. The van der Waals surface area contributed by atoms with Crippen molar-refractivity contribution in [1.82, 2.24) is 20.2 Å². The van der Waals surface area contributed by atoms with Gasteiger partial charge in [0.2, 0.25) is 0 Å². The summed E-state index contributed by atoms with van der Waals surface area (Å²) in [7, 11) is 1.63. The fraction of sp³-hybridized carbons (Fsp3) is 0.200. The lowest BCUT2D eigenvalue weighted by molar-refractivity contribution is -0.118. The van der Waals surface area contributed by atoms with Crippen molar-refractivity contribution >= 4 is 30.0 Å². The second-order valence-electron chi connectivity index (χ2n) is 9.51. The molecule has 0 unspecified atom stereocenters. The Bertz CT molecular complexity index is 1420. The second kappa shape index (κ2) is 12.4. The number of hydrogen-bond acceptors (Lipinski definition) is 6. The Morgan fingerprint density at radius 1 is 1.00 bits per heavy atom. The average Bonchev–Trinajstić information content (AvgIpc) is 3.36. The van der Waals surface area contributed by atoms with Crippen LogP contribution in [0.3, 0.4) is 0 Å². The number of para-hydroxylation sites is 2. The van der Waals surface area contributed by atoms with Crippen LogP contribution >= 0.6 is 11.8 Å². The number of ether oxygens (including phenoxy) is 1. The minimum absolute atomic E-state index is 0.0622. The molecule has 0 saturated carbocycles. The summed E-state index contributed by atoms with van der Waals surface area (Å²) in [6.07, 6.45) is 5.14. The molecule has 0 aliphatic heterocycles. The van der Waals surface area contributed by atoms with E-state index in [0.29, 0.717) is 5.16 Å². The number of nitrogens with one attached hydrogen (secondary N) is 1. The minimum atomic E-state index is -0.240. The number of amides is 1. The van der Waals surface area contributed by atoms with E-state index in [1.54, 1.807) is 13.2 Å². The first-order valence-electron chi connectivity index (χ1n) is 12.2. The van der Waals surface area contributed by atoms with Crippen molar-refractivity contribution in [1.29, 1.82) is 0 Å². The Labute approximate surface area is 227 Å². The molecule has 0 radical (unpaired) electrons. The molecule has 7 nitrogen and oxygen atoms in total. The Balaban J connectivity index is 1.45. The van der Waals surface area contributed by atoms with Gasteiger partial charge in [-0.25, -0.2) is 5.43 Å². The number of rotatable bonds is 9. The van der Waals surface area contributed by atoms with Crippen molar-refractivity contribution in [3.63, 3.8) is 0 Å². The summed E-state index contributed by atoms with van der Waals surface area (Å²) < 4.78 is 7.30. The first-order chi connectivity index (χ1) is 18.4. The van der Waals surface area contributed by atoms with Crippen LogP contribution in [0.5, 0.6) is 5.75 Å². The van der Waals surface area contributed by atoms with Gasteiger partial charge in [-0.05, 0) is 41.3 Å². The lowest BCUT2D eigenvalue weighted by atomic mass is 9.87. The van der Waals surface area contributed by atoms with E-state index in [4.69, 9.17) is 4.74 Å². The summed E-state index contributed by atoms with van der Waals surface area (Å²) in [5.41, 5.74) is 6.67. The van der Waals surface area contributed by atoms with Crippen LogP contribution in [-0.2, 0) is 10.2 Å². The van der Waals surface area contributed by atoms with E-state index < -0.39 is 0 Å². The maximum atomic E-state index is 12.5. The molecular weight excluding hydrogens is 494 g/mol. The molecule has 0 bridgehead atoms. The Hall–Kier alpha value is -4.17. The van der Waals surface area contributed by atoms with Gasteiger partial charge >= 0.3 is 0 Å². The number of nitrogens with zero attached hydrogens (tertiary/aromatic N) is 4. The zero-order chi connectivity index (χ0) is 27.0. The van der Waals surface area contributed by atoms with E-state index in [1.807, 2.05) is 65.2 Å². The Kier molecular flexibility index (Phi) is 8.76. The van der Waals surface area contributed by atoms with Crippen LogP contribution in [0.1, 0.15) is 31.9 Å². The summed E-state index contributed by atoms with van der Waals surface area (Å²) in [5, 5.41) is 13.5. The number of thioether (sulfide) groups is 1. The Morgan fingerprint density at radius 2 is 1.71 bits per heavy atom. The van der Waals surface area contributed by atoms with Gasteiger partial charge in [0.05, 0.1) is 12.9 Å². The maximum absolute atomic E-state index is 12.5. The number of aromatic nitrogens is 3. The molecular formula is C30H31N5O2S. The highest BCUT2D eigenvalue weighted by atomic mass is 32.2. The van der Waals surface area contributed by atoms with E-state index in [0.717, 1.165) is 28.4 Å². The van der Waals surface area contributed by atoms with Gasteiger partial charge in [0.15, 0.2) is 11.0 Å². The van der Waals surface area contributed by atoms with Crippen LogP contribution in [0.15, 0.2) is 95.2 Å². The lowest BCUT2D eigenvalue weighted by Gasteiger charge is -2.19. The number of carbonyl (C=O) groups excluding carboxylic acids is 1. The van der Waals surface area contributed by atoms with Gasteiger partial charge in [-0.15, -0.1) is 10.2 Å². The number of benzene rings is 3. The van der Waals surface area contributed by atoms with Crippen molar-refractivity contribution in [2.75, 3.05) is 12.9 Å². The SMILES string of the molecule is COc1ccccc1/C=C/C=N\NC(=O)CSc1nnc(-c2ccc(C(C)(C)C)cc2)n1-c1ccccc1. The van der Waals surface area contributed by atoms with Gasteiger partial charge in [-0.1, -0.05) is 93.2 Å². The standard InChI is InChI=1S/C30H31N5O2S/c1-30(2,3)24-18-16-23(17-19-24)28-33-34-29(35(28)25-13-6-5-7-14-25)38-21-27(36)32-31-20-10-12-22-11-8-9-15-26(22)37-4/h5-20H,21H2,1-4H3,(H,32,36)/b12-10+,31-20-. The van der Waals surface area contributed by atoms with Gasteiger partial charge in [0.1, 0.15) is 5.75 Å². The van der Waals surface area contributed by atoms with Gasteiger partial charge in [0, 0.05) is 23.0 Å². The first kappa shape index (κ1) is 26.9. The van der Waals surface area contributed by atoms with Crippen molar-refractivity contribution in [2.24, 2.45) is 5.10 Å². The molecule has 3 aromatic carbocycles. The fourth-order valence-electron chi connectivity index (χ4n) is 3.74. The first-order valence-corrected chi connectivity index (χ1v) is 13.2. The number of allylic oxidation sites excluding steroid dienone is 1. The van der Waals surface area contributed by atoms with Crippen LogP contribution in [0, 0.1) is 0 Å². The summed E-state index contributed by atoms with van der Waals surface area (Å²) in [5.74, 6) is 1.39. The predicted octanol–water partition coefficient (Wildman–Crippen LogP) is 6.15. The fourth-order valence-corrected chi connectivity index (χ4v) is 4.49. The lowest BCUT2D eigenvalue weighted by Crippen LogP contribution is -2.19. The predicted molar refractivity (Wildman–Crippen MR) is 155 cm³/mol. The van der Waals surface area contributed by atoms with Crippen LogP contribution < -0.4 is 10.2 Å². The number of hydrazone groups is 1. The third-order valence-electron chi connectivity index (χ3n) is 5.75. The number of carbonyl (C=O) groups is 1. The van der Waals surface area contributed by atoms with E-state index in [2.05, 4.69) is 65.8 Å². The van der Waals surface area contributed by atoms with Gasteiger partial charge in [0.25, 0.3) is 5.91 Å². The largest absolute Gasteiger partial charge is 0.496 e. The molecule has 4 rings (SSSR count). The highest BCUT2D eigenvalue weighted by Gasteiger charge is 2.19. The molecule has 0 atom stereocenters. The number of hydrogen-bond donors (Lipinski definition) is 1. The molecule has 0 aliphatic carbocycles. The zero-order valence-electron chi connectivity index (χ0n) is 22.0. The third-order valence-corrected chi connectivity index (χ3v) is 6.68. The topological polar surface area (TPSA) is 81.4 Å². The van der Waals surface area contributed by atoms with E-state index in [1.165, 1.54) is 23.5 Å². The van der Waals surface area contributed by atoms with Gasteiger partial charge in [-0.3, -0.25) is 9.36 Å². The molecule has 1 N–H and O–H groups in total. The summed E-state index contributed by atoms with van der Waals surface area (Å²) in [4.78, 5) is 12.5. The van der Waals surface area contributed by atoms with Crippen LogP contribution in [0.25, 0.3) is 23.2 Å². The highest BCUT2D eigenvalue weighted by Crippen LogP contribution is 2.30. The monoisotopic (exact) mass is 525 g/mol. The molecule has 8 heteroatoms. The highest BCUT2D eigenvalue weighted by molar-refractivity contribution is 7.99. The molecule has 1 heterocycles. The van der Waals surface area contributed by atoms with E-state index >= 15 is 0 Å². The molecule has 4 aromatic rings. The summed E-state index contributed by atoms with van der Waals surface area (Å²) in [6.45, 7) is 6.57. The molecule has 0 fully saturated rings. The zero-order valence-corrected chi connectivity index (χ0v) is 22.8. The number of methoxy groups -OCH3 is 1. The summed E-state index contributed by atoms with van der Waals surface area (Å²) in [6, 6.07) is 25.9. The van der Waals surface area contributed by atoms with Crippen molar-refractivity contribution < 1.29 is 9.53 Å². The molecule has 0 aliphatic rings. The van der Waals surface area contributed by atoms with Crippen molar-refractivity contribution in [3.05, 3.63) is 96.1 Å². The van der Waals surface area contributed by atoms with Gasteiger partial charge < -0.3 is 4.74 Å². The van der Waals surface area contributed by atoms with Crippen LogP contribution in [0.2, 0.25) is 0 Å². The molecule has 194 valence electrons. The molecule has 1 amide bonds. The summed E-state index contributed by atoms with van der Waals surface area (Å²) >= 11 is 1.31. The molecule has 1 aromatic heterocycles. The van der Waals surface area contributed by atoms with Crippen molar-refractivity contribution in [3.8, 4) is 22.8 Å². The second-order valence-corrected chi connectivity index (χ2v) is 10.4. The molecule has 38 heavy (non-hydrogen) atoms. The third kappa shape index (κ3) is 6.77. The molecule has 0 saturated heterocycles. The Morgan fingerprint density at radius 3 is 2.42 bits per heavy atom. The van der Waals surface area contributed by atoms with Crippen LogP contribution in [-0.4, -0.2) is 39.7 Å². The van der Waals surface area contributed by atoms with E-state index in [-0.39, 0.29) is 17.1 Å². The maximum Gasteiger partial charge on any atom is 0.250 e. The van der Waals surface area contributed by atoms with Crippen LogP contribution in [0.4, 0.5) is 0 Å². The van der Waals surface area contributed by atoms with Gasteiger partial charge in [-0.2, -0.15) is 5.10 Å². The normalized spacial score (nSPS) is 11.8. The smallest absolute Gasteiger partial charge is 0.250 e.